The van der Waals surface area contributed by atoms with Crippen LogP contribution in [0.25, 0.3) is 0 Å². The Kier molecular flexibility index (Phi) is 9.11. The van der Waals surface area contributed by atoms with E-state index in [1.165, 1.54) is 42.0 Å². The number of carbonyl (C=O) groups is 2. The van der Waals surface area contributed by atoms with Crippen molar-refractivity contribution in [3.8, 4) is 0 Å². The molecule has 1 heterocycles. The lowest BCUT2D eigenvalue weighted by Gasteiger charge is -2.31. The molecule has 2 amide bonds. The van der Waals surface area contributed by atoms with E-state index in [0.29, 0.717) is 11.4 Å². The van der Waals surface area contributed by atoms with Crippen LogP contribution in [0.3, 0.4) is 0 Å². The van der Waals surface area contributed by atoms with Crippen molar-refractivity contribution >= 4 is 23.2 Å². The second-order valence-corrected chi connectivity index (χ2v) is 7.76. The van der Waals surface area contributed by atoms with E-state index in [0.717, 1.165) is 26.2 Å². The number of anilines is 2. The summed E-state index contributed by atoms with van der Waals surface area (Å²) in [5, 5.41) is 8.21. The molecule has 0 spiro atoms. The van der Waals surface area contributed by atoms with Crippen molar-refractivity contribution in [3.05, 3.63) is 95.6 Å². The second-order valence-electron chi connectivity index (χ2n) is 7.76. The van der Waals surface area contributed by atoms with E-state index in [1.54, 1.807) is 6.07 Å². The third-order valence-corrected chi connectivity index (χ3v) is 5.16. The molecule has 3 aromatic rings. The normalized spacial score (nSPS) is 12.9. The highest BCUT2D eigenvalue weighted by Crippen LogP contribution is 2.27. The van der Waals surface area contributed by atoms with Gasteiger partial charge in [0, 0.05) is 26.2 Å². The summed E-state index contributed by atoms with van der Waals surface area (Å²) in [5.74, 6) is -2.35. The Morgan fingerprint density at radius 3 is 2.26 bits per heavy atom. The number of piperazine rings is 1. The van der Waals surface area contributed by atoms with Crippen LogP contribution in [-0.2, 0) is 4.79 Å². The van der Waals surface area contributed by atoms with E-state index in [4.69, 9.17) is 0 Å². The van der Waals surface area contributed by atoms with Crippen LogP contribution in [0.2, 0.25) is 0 Å². The van der Waals surface area contributed by atoms with E-state index in [1.807, 2.05) is 23.1 Å². The van der Waals surface area contributed by atoms with Gasteiger partial charge in [-0.2, -0.15) is 0 Å². The first-order valence-electron chi connectivity index (χ1n) is 11.0. The number of nitrogens with zero attached hydrogens (tertiary/aromatic N) is 1. The van der Waals surface area contributed by atoms with Crippen LogP contribution in [0.1, 0.15) is 15.9 Å². The van der Waals surface area contributed by atoms with Gasteiger partial charge in [-0.05, 0) is 37.3 Å². The molecule has 8 heteroatoms. The molecule has 3 aromatic carbocycles. The average molecular weight is 467 g/mol. The molecule has 34 heavy (non-hydrogen) atoms. The van der Waals surface area contributed by atoms with Gasteiger partial charge in [0.25, 0.3) is 5.91 Å². The van der Waals surface area contributed by atoms with Crippen molar-refractivity contribution in [1.29, 1.82) is 0 Å². The molecule has 3 N–H and O–H groups in total. The van der Waals surface area contributed by atoms with Gasteiger partial charge in [0.1, 0.15) is 11.6 Å². The summed E-state index contributed by atoms with van der Waals surface area (Å²) < 4.78 is 27.3. The highest BCUT2D eigenvalue weighted by molar-refractivity contribution is 6.00. The lowest BCUT2D eigenvalue weighted by Crippen LogP contribution is -2.44. The summed E-state index contributed by atoms with van der Waals surface area (Å²) in [6.07, 6.45) is 0. The number of aryl methyl sites for hydroxylation is 1. The molecule has 0 radical (unpaired) electrons. The fourth-order valence-electron chi connectivity index (χ4n) is 3.42. The minimum atomic E-state index is -0.690. The molecule has 0 aromatic heterocycles. The Balaban J connectivity index is 0.000000396. The SMILES string of the molecule is Cc1ccccc1.O=C(CNC(=O)c1ccccc1F)Nc1cc(F)ccc1N1CCNCC1. The fourth-order valence-corrected chi connectivity index (χ4v) is 3.42. The molecule has 0 aliphatic carbocycles. The zero-order chi connectivity index (χ0) is 24.3. The number of rotatable bonds is 5. The van der Waals surface area contributed by atoms with E-state index in [-0.39, 0.29) is 12.1 Å². The quantitative estimate of drug-likeness (QED) is 0.536. The van der Waals surface area contributed by atoms with Crippen molar-refractivity contribution in [2.45, 2.75) is 6.92 Å². The minimum Gasteiger partial charge on any atom is -0.367 e. The smallest absolute Gasteiger partial charge is 0.254 e. The summed E-state index contributed by atoms with van der Waals surface area (Å²) in [6.45, 7) is 4.79. The predicted molar refractivity (Wildman–Crippen MR) is 130 cm³/mol. The number of carbonyl (C=O) groups excluding carboxylic acids is 2. The molecule has 178 valence electrons. The lowest BCUT2D eigenvalue weighted by atomic mass is 10.2. The maximum Gasteiger partial charge on any atom is 0.254 e. The molecule has 1 saturated heterocycles. The number of halogens is 2. The summed E-state index contributed by atoms with van der Waals surface area (Å²) in [5.41, 5.74) is 2.23. The summed E-state index contributed by atoms with van der Waals surface area (Å²) >= 11 is 0. The number of benzene rings is 3. The standard InChI is InChI=1S/C19H20F2N4O2.C7H8/c20-13-5-6-17(25-9-7-22-8-10-25)16(11-13)24-18(26)12-23-19(27)14-3-1-2-4-15(14)21;1-7-5-3-2-4-6-7/h1-6,11,22H,7-10,12H2,(H,23,27)(H,24,26);2-6H,1H3. The largest absolute Gasteiger partial charge is 0.367 e. The Hall–Kier alpha value is -3.78. The number of hydrogen-bond acceptors (Lipinski definition) is 4. The first-order chi connectivity index (χ1) is 16.4. The van der Waals surface area contributed by atoms with E-state index in [9.17, 15) is 18.4 Å². The number of hydrogen-bond donors (Lipinski definition) is 3. The molecular weight excluding hydrogens is 438 g/mol. The third-order valence-electron chi connectivity index (χ3n) is 5.16. The summed E-state index contributed by atoms with van der Waals surface area (Å²) in [7, 11) is 0. The highest BCUT2D eigenvalue weighted by atomic mass is 19.1. The Morgan fingerprint density at radius 1 is 0.941 bits per heavy atom. The Bertz CT molecular complexity index is 1100. The van der Waals surface area contributed by atoms with Crippen LogP contribution in [0.4, 0.5) is 20.2 Å². The van der Waals surface area contributed by atoms with Crippen molar-refractivity contribution in [1.82, 2.24) is 10.6 Å². The number of amides is 2. The average Bonchev–Trinajstić information content (AvgIpc) is 2.84. The first-order valence-corrected chi connectivity index (χ1v) is 11.0. The van der Waals surface area contributed by atoms with E-state index < -0.39 is 23.4 Å². The van der Waals surface area contributed by atoms with Crippen LogP contribution in [0, 0.1) is 18.6 Å². The molecule has 1 aliphatic rings. The monoisotopic (exact) mass is 466 g/mol. The Labute approximate surface area is 198 Å². The van der Waals surface area contributed by atoms with Crippen molar-refractivity contribution in [3.63, 3.8) is 0 Å². The lowest BCUT2D eigenvalue weighted by molar-refractivity contribution is -0.115. The molecule has 1 aliphatic heterocycles. The molecule has 0 atom stereocenters. The zero-order valence-corrected chi connectivity index (χ0v) is 19.0. The molecule has 0 bridgehead atoms. The molecule has 6 nitrogen and oxygen atoms in total. The molecular formula is C26H28F2N4O2. The molecule has 0 unspecified atom stereocenters. The van der Waals surface area contributed by atoms with Crippen LogP contribution >= 0.6 is 0 Å². The van der Waals surface area contributed by atoms with Crippen molar-refractivity contribution in [2.24, 2.45) is 0 Å². The van der Waals surface area contributed by atoms with Gasteiger partial charge < -0.3 is 20.9 Å². The second kappa shape index (κ2) is 12.5. The van der Waals surface area contributed by atoms with Crippen LogP contribution < -0.4 is 20.9 Å². The topological polar surface area (TPSA) is 73.5 Å². The first kappa shape index (κ1) is 24.9. The molecule has 4 rings (SSSR count). The third kappa shape index (κ3) is 7.38. The number of nitrogens with one attached hydrogen (secondary N) is 3. The minimum absolute atomic E-state index is 0.141. The van der Waals surface area contributed by atoms with E-state index in [2.05, 4.69) is 35.0 Å². The Morgan fingerprint density at radius 2 is 1.62 bits per heavy atom. The summed E-state index contributed by atoms with van der Waals surface area (Å²) in [4.78, 5) is 26.2. The van der Waals surface area contributed by atoms with Crippen LogP contribution in [-0.4, -0.2) is 44.5 Å². The van der Waals surface area contributed by atoms with Gasteiger partial charge in [-0.3, -0.25) is 9.59 Å². The van der Waals surface area contributed by atoms with Gasteiger partial charge in [-0.15, -0.1) is 0 Å². The van der Waals surface area contributed by atoms with Gasteiger partial charge in [0.15, 0.2) is 0 Å². The predicted octanol–water partition coefficient (Wildman–Crippen LogP) is 3.74. The van der Waals surface area contributed by atoms with E-state index >= 15 is 0 Å². The maximum absolute atomic E-state index is 13.7. The van der Waals surface area contributed by atoms with Gasteiger partial charge in [0.2, 0.25) is 5.91 Å². The van der Waals surface area contributed by atoms with Crippen molar-refractivity contribution in [2.75, 3.05) is 42.9 Å². The van der Waals surface area contributed by atoms with Gasteiger partial charge >= 0.3 is 0 Å². The molecule has 1 fully saturated rings. The van der Waals surface area contributed by atoms with Crippen molar-refractivity contribution < 1.29 is 18.4 Å². The van der Waals surface area contributed by atoms with Crippen LogP contribution in [0.15, 0.2) is 72.8 Å². The zero-order valence-electron chi connectivity index (χ0n) is 19.0. The summed E-state index contributed by atoms with van der Waals surface area (Å²) in [6, 6.07) is 20.0. The fraction of sp³-hybridized carbons (Fsp3) is 0.231. The van der Waals surface area contributed by atoms with Gasteiger partial charge in [-0.1, -0.05) is 48.0 Å². The van der Waals surface area contributed by atoms with Gasteiger partial charge in [0.05, 0.1) is 23.5 Å². The highest BCUT2D eigenvalue weighted by Gasteiger charge is 2.17. The van der Waals surface area contributed by atoms with Crippen LogP contribution in [0.5, 0.6) is 0 Å². The molecule has 0 saturated carbocycles. The maximum atomic E-state index is 13.7. The van der Waals surface area contributed by atoms with Gasteiger partial charge in [-0.25, -0.2) is 8.78 Å².